The van der Waals surface area contributed by atoms with Crippen LogP contribution in [0.5, 0.6) is 0 Å². The van der Waals surface area contributed by atoms with Gasteiger partial charge in [0.15, 0.2) is 0 Å². The molecule has 0 saturated carbocycles. The number of aliphatic hydroxyl groups is 2. The minimum atomic E-state index is -0.879. The molecule has 4 nitrogen and oxygen atoms in total. The van der Waals surface area contributed by atoms with Gasteiger partial charge < -0.3 is 15.5 Å². The van der Waals surface area contributed by atoms with Crippen molar-refractivity contribution in [2.45, 2.75) is 154 Å². The second-order valence-electron chi connectivity index (χ2n) is 11.5. The molecule has 0 aliphatic carbocycles. The highest BCUT2D eigenvalue weighted by molar-refractivity contribution is 5.76. The van der Waals surface area contributed by atoms with Crippen molar-refractivity contribution in [2.24, 2.45) is 0 Å². The molecule has 0 rings (SSSR count). The number of allylic oxidation sites excluding steroid dienone is 13. The Bertz CT molecular complexity index is 834. The fourth-order valence-electron chi connectivity index (χ4n) is 4.63. The third-order valence-corrected chi connectivity index (χ3v) is 7.36. The molecule has 0 fully saturated rings. The summed E-state index contributed by atoms with van der Waals surface area (Å²) in [5, 5.41) is 22.8. The van der Waals surface area contributed by atoms with E-state index >= 15 is 0 Å². The predicted octanol–water partition coefficient (Wildman–Crippen LogP) is 10.6. The summed E-state index contributed by atoms with van der Waals surface area (Å²) in [6.07, 6.45) is 50.9. The standard InChI is InChI=1S/C40H67NO3/c1-3-5-7-9-11-13-15-17-18-19-20-21-22-24-26-28-30-32-34-36-40(44)41-38(37-42)39(43)35-33-31-29-27-25-23-16-14-12-10-8-6-4-2/h5,7,11,13,17-18,20-21,24-27,33,35,38-39,42-43H,3-4,6,8-10,12,14-16,19,22-23,28-32,34,36-37H2,1-2H3,(H,41,44)/b7-5-,13-11-,18-17-,21-20-,26-24-,27-25+,35-33+. The zero-order valence-corrected chi connectivity index (χ0v) is 28.4. The molecule has 0 aliphatic rings. The first kappa shape index (κ1) is 41.6. The second kappa shape index (κ2) is 35.1. The smallest absolute Gasteiger partial charge is 0.220 e. The average Bonchev–Trinajstić information content (AvgIpc) is 3.03. The van der Waals surface area contributed by atoms with Gasteiger partial charge >= 0.3 is 0 Å². The molecule has 3 N–H and O–H groups in total. The summed E-state index contributed by atoms with van der Waals surface area (Å²) in [5.41, 5.74) is 0. The summed E-state index contributed by atoms with van der Waals surface area (Å²) in [6, 6.07) is -0.659. The highest BCUT2D eigenvalue weighted by atomic mass is 16.3. The van der Waals surface area contributed by atoms with Crippen LogP contribution in [0.2, 0.25) is 0 Å². The normalized spacial score (nSPS) is 14.2. The molecule has 0 saturated heterocycles. The average molecular weight is 610 g/mol. The van der Waals surface area contributed by atoms with Crippen molar-refractivity contribution in [1.29, 1.82) is 0 Å². The second-order valence-corrected chi connectivity index (χ2v) is 11.5. The largest absolute Gasteiger partial charge is 0.394 e. The minimum Gasteiger partial charge on any atom is -0.394 e. The third-order valence-electron chi connectivity index (χ3n) is 7.36. The predicted molar refractivity (Wildman–Crippen MR) is 193 cm³/mol. The van der Waals surface area contributed by atoms with Crippen molar-refractivity contribution in [3.8, 4) is 0 Å². The van der Waals surface area contributed by atoms with Crippen LogP contribution in [0.3, 0.4) is 0 Å². The van der Waals surface area contributed by atoms with Gasteiger partial charge in [-0.05, 0) is 77.0 Å². The first-order valence-electron chi connectivity index (χ1n) is 17.8. The highest BCUT2D eigenvalue weighted by Crippen LogP contribution is 2.09. The molecular weight excluding hydrogens is 542 g/mol. The number of carbonyl (C=O) groups is 1. The van der Waals surface area contributed by atoms with Gasteiger partial charge in [0, 0.05) is 6.42 Å². The van der Waals surface area contributed by atoms with Crippen molar-refractivity contribution >= 4 is 5.91 Å². The lowest BCUT2D eigenvalue weighted by Gasteiger charge is -2.19. The fourth-order valence-corrected chi connectivity index (χ4v) is 4.63. The molecule has 0 spiro atoms. The van der Waals surface area contributed by atoms with E-state index in [-0.39, 0.29) is 12.5 Å². The van der Waals surface area contributed by atoms with Gasteiger partial charge in [-0.25, -0.2) is 0 Å². The number of amides is 1. The maximum absolute atomic E-state index is 12.3. The van der Waals surface area contributed by atoms with Crippen LogP contribution in [0.1, 0.15) is 142 Å². The quantitative estimate of drug-likeness (QED) is 0.0560. The number of nitrogens with one attached hydrogen (secondary N) is 1. The first-order chi connectivity index (χ1) is 21.7. The summed E-state index contributed by atoms with van der Waals surface area (Å²) in [6.45, 7) is 4.13. The highest BCUT2D eigenvalue weighted by Gasteiger charge is 2.17. The van der Waals surface area contributed by atoms with E-state index in [1.165, 1.54) is 44.9 Å². The topological polar surface area (TPSA) is 69.6 Å². The molecule has 1 amide bonds. The van der Waals surface area contributed by atoms with Crippen molar-refractivity contribution in [3.05, 3.63) is 85.1 Å². The van der Waals surface area contributed by atoms with Gasteiger partial charge in [-0.3, -0.25) is 4.79 Å². The molecule has 4 heteroatoms. The number of aliphatic hydroxyl groups excluding tert-OH is 2. The number of hydrogen-bond acceptors (Lipinski definition) is 3. The van der Waals surface area contributed by atoms with Gasteiger partial charge in [-0.2, -0.15) is 0 Å². The lowest BCUT2D eigenvalue weighted by molar-refractivity contribution is -0.123. The number of unbranched alkanes of at least 4 members (excludes halogenated alkanes) is 11. The van der Waals surface area contributed by atoms with E-state index in [4.69, 9.17) is 0 Å². The van der Waals surface area contributed by atoms with Gasteiger partial charge in [-0.15, -0.1) is 0 Å². The Morgan fingerprint density at radius 3 is 1.59 bits per heavy atom. The van der Waals surface area contributed by atoms with Crippen LogP contribution in [0.4, 0.5) is 0 Å². The van der Waals surface area contributed by atoms with E-state index in [0.717, 1.165) is 77.0 Å². The van der Waals surface area contributed by atoms with Crippen LogP contribution >= 0.6 is 0 Å². The van der Waals surface area contributed by atoms with Gasteiger partial charge in [0.1, 0.15) is 0 Å². The number of rotatable bonds is 30. The summed E-state index contributed by atoms with van der Waals surface area (Å²) in [7, 11) is 0. The fraction of sp³-hybridized carbons (Fsp3) is 0.625. The Morgan fingerprint density at radius 2 is 1.02 bits per heavy atom. The first-order valence-corrected chi connectivity index (χ1v) is 17.8. The van der Waals surface area contributed by atoms with Crippen LogP contribution in [-0.2, 0) is 4.79 Å². The molecule has 250 valence electrons. The summed E-state index contributed by atoms with van der Waals surface area (Å²) < 4.78 is 0. The van der Waals surface area contributed by atoms with Crippen molar-refractivity contribution < 1.29 is 15.0 Å². The van der Waals surface area contributed by atoms with Crippen molar-refractivity contribution in [3.63, 3.8) is 0 Å². The maximum Gasteiger partial charge on any atom is 0.220 e. The molecule has 0 aromatic carbocycles. The zero-order chi connectivity index (χ0) is 32.2. The van der Waals surface area contributed by atoms with Crippen LogP contribution < -0.4 is 5.32 Å². The SMILES string of the molecule is CC/C=C\C/C=C\C/C=C\C/C=C\C/C=C\CCCCCC(=O)NC(CO)C(O)/C=C/CC/C=C/CCCCCCCCC. The Hall–Kier alpha value is -2.43. The van der Waals surface area contributed by atoms with Gasteiger partial charge in [0.25, 0.3) is 0 Å². The molecule has 2 unspecified atom stereocenters. The van der Waals surface area contributed by atoms with Gasteiger partial charge in [0.05, 0.1) is 18.8 Å². The molecule has 2 atom stereocenters. The van der Waals surface area contributed by atoms with E-state index in [2.05, 4.69) is 92.1 Å². The Labute approximate surface area is 271 Å². The summed E-state index contributed by atoms with van der Waals surface area (Å²) in [5.74, 6) is -0.111. The third kappa shape index (κ3) is 31.0. The van der Waals surface area contributed by atoms with Crippen molar-refractivity contribution in [1.82, 2.24) is 5.32 Å². The van der Waals surface area contributed by atoms with Crippen LogP contribution in [0, 0.1) is 0 Å². The lowest BCUT2D eigenvalue weighted by Crippen LogP contribution is -2.45. The molecule has 0 bridgehead atoms. The molecule has 44 heavy (non-hydrogen) atoms. The summed E-state index contributed by atoms with van der Waals surface area (Å²) in [4.78, 5) is 12.3. The van der Waals surface area contributed by atoms with Crippen LogP contribution in [0.25, 0.3) is 0 Å². The Kier molecular flexibility index (Phi) is 33.1. The van der Waals surface area contributed by atoms with E-state index in [1.54, 1.807) is 6.08 Å². The van der Waals surface area contributed by atoms with E-state index in [1.807, 2.05) is 6.08 Å². The lowest BCUT2D eigenvalue weighted by atomic mass is 10.1. The molecule has 0 heterocycles. The molecule has 0 aromatic rings. The van der Waals surface area contributed by atoms with E-state index < -0.39 is 12.1 Å². The van der Waals surface area contributed by atoms with Gasteiger partial charge in [-0.1, -0.05) is 144 Å². The van der Waals surface area contributed by atoms with Crippen LogP contribution in [0.15, 0.2) is 85.1 Å². The Morgan fingerprint density at radius 1 is 0.568 bits per heavy atom. The zero-order valence-electron chi connectivity index (χ0n) is 28.4. The molecular formula is C40H67NO3. The Balaban J connectivity index is 3.81. The monoisotopic (exact) mass is 610 g/mol. The van der Waals surface area contributed by atoms with Crippen molar-refractivity contribution in [2.75, 3.05) is 6.61 Å². The van der Waals surface area contributed by atoms with Crippen LogP contribution in [-0.4, -0.2) is 34.9 Å². The van der Waals surface area contributed by atoms with E-state index in [9.17, 15) is 15.0 Å². The van der Waals surface area contributed by atoms with E-state index in [0.29, 0.717) is 6.42 Å². The maximum atomic E-state index is 12.3. The molecule has 0 aliphatic heterocycles. The summed E-state index contributed by atoms with van der Waals surface area (Å²) >= 11 is 0. The molecule has 0 aromatic heterocycles. The number of carbonyl (C=O) groups excluding carboxylic acids is 1. The molecule has 0 radical (unpaired) electrons. The number of hydrogen-bond donors (Lipinski definition) is 3. The van der Waals surface area contributed by atoms with Gasteiger partial charge in [0.2, 0.25) is 5.91 Å². The minimum absolute atomic E-state index is 0.111.